The van der Waals surface area contributed by atoms with E-state index in [1.165, 1.54) is 10.6 Å². The molecule has 1 unspecified atom stereocenters. The molecular formula is C15H15NOS. The maximum atomic E-state index is 10.1. The molecule has 1 heterocycles. The number of aromatic hydroxyl groups is 1. The van der Waals surface area contributed by atoms with Crippen LogP contribution in [0.5, 0.6) is 5.75 Å². The molecule has 0 bridgehead atoms. The number of anilines is 1. The number of aryl methyl sites for hydroxylation is 1. The van der Waals surface area contributed by atoms with E-state index >= 15 is 0 Å². The average molecular weight is 257 g/mol. The van der Waals surface area contributed by atoms with Crippen LogP contribution in [0.1, 0.15) is 16.5 Å². The molecule has 0 aromatic heterocycles. The summed E-state index contributed by atoms with van der Waals surface area (Å²) >= 11 is 1.78. The van der Waals surface area contributed by atoms with E-state index in [-0.39, 0.29) is 5.37 Å². The summed E-state index contributed by atoms with van der Waals surface area (Å²) in [6, 6.07) is 14.2. The van der Waals surface area contributed by atoms with Crippen LogP contribution < -0.4 is 4.90 Å². The second-order valence-electron chi connectivity index (χ2n) is 4.61. The lowest BCUT2D eigenvalue weighted by Crippen LogP contribution is -2.17. The third-order valence-electron chi connectivity index (χ3n) is 3.29. The minimum Gasteiger partial charge on any atom is -0.508 e. The molecule has 3 heteroatoms. The summed E-state index contributed by atoms with van der Waals surface area (Å²) < 4.78 is 0. The van der Waals surface area contributed by atoms with Gasteiger partial charge in [-0.2, -0.15) is 0 Å². The first kappa shape index (κ1) is 11.5. The zero-order valence-corrected chi connectivity index (χ0v) is 11.2. The topological polar surface area (TPSA) is 23.5 Å². The molecule has 2 aromatic carbocycles. The van der Waals surface area contributed by atoms with E-state index in [0.717, 1.165) is 11.1 Å². The van der Waals surface area contributed by atoms with Crippen molar-refractivity contribution >= 4 is 17.4 Å². The molecular weight excluding hydrogens is 242 g/mol. The third kappa shape index (κ3) is 1.75. The Morgan fingerprint density at radius 2 is 1.94 bits per heavy atom. The van der Waals surface area contributed by atoms with E-state index in [2.05, 4.69) is 30.1 Å². The molecule has 0 fully saturated rings. The Labute approximate surface area is 111 Å². The number of phenols is 1. The van der Waals surface area contributed by atoms with Crippen molar-refractivity contribution < 1.29 is 5.11 Å². The van der Waals surface area contributed by atoms with Crippen molar-refractivity contribution in [3.05, 3.63) is 53.6 Å². The summed E-state index contributed by atoms with van der Waals surface area (Å²) in [5, 5.41) is 10.3. The molecule has 2 aromatic rings. The van der Waals surface area contributed by atoms with Gasteiger partial charge in [-0.25, -0.2) is 0 Å². The van der Waals surface area contributed by atoms with Gasteiger partial charge in [-0.15, -0.1) is 0 Å². The van der Waals surface area contributed by atoms with Crippen molar-refractivity contribution in [2.45, 2.75) is 17.2 Å². The first-order chi connectivity index (χ1) is 8.66. The fourth-order valence-electron chi connectivity index (χ4n) is 2.31. The van der Waals surface area contributed by atoms with Crippen molar-refractivity contribution in [1.82, 2.24) is 0 Å². The molecule has 1 aliphatic rings. The minimum absolute atomic E-state index is 0.156. The quantitative estimate of drug-likeness (QED) is 0.837. The Bertz CT molecular complexity index is 597. The molecule has 1 aliphatic heterocycles. The number of fused-ring (bicyclic) bond motifs is 1. The number of hydrogen-bond acceptors (Lipinski definition) is 3. The van der Waals surface area contributed by atoms with Gasteiger partial charge in [0.15, 0.2) is 0 Å². The summed E-state index contributed by atoms with van der Waals surface area (Å²) in [6.07, 6.45) is 0. The van der Waals surface area contributed by atoms with E-state index in [4.69, 9.17) is 0 Å². The second kappa shape index (κ2) is 4.25. The predicted molar refractivity (Wildman–Crippen MR) is 76.3 cm³/mol. The summed E-state index contributed by atoms with van der Waals surface area (Å²) in [6.45, 7) is 1.99. The van der Waals surface area contributed by atoms with Crippen LogP contribution in [0.4, 0.5) is 5.69 Å². The van der Waals surface area contributed by atoms with Gasteiger partial charge in [0.2, 0.25) is 0 Å². The van der Waals surface area contributed by atoms with Gasteiger partial charge in [-0.1, -0.05) is 36.0 Å². The first-order valence-electron chi connectivity index (χ1n) is 5.95. The fourth-order valence-corrected chi connectivity index (χ4v) is 3.64. The van der Waals surface area contributed by atoms with Crippen molar-refractivity contribution in [2.75, 3.05) is 11.9 Å². The van der Waals surface area contributed by atoms with E-state index < -0.39 is 0 Å². The minimum atomic E-state index is 0.156. The Morgan fingerprint density at radius 3 is 2.67 bits per heavy atom. The lowest BCUT2D eigenvalue weighted by Gasteiger charge is -2.22. The molecule has 1 N–H and O–H groups in total. The monoisotopic (exact) mass is 257 g/mol. The maximum Gasteiger partial charge on any atom is 0.122 e. The van der Waals surface area contributed by atoms with Gasteiger partial charge in [-0.05, 0) is 30.7 Å². The standard InChI is InChI=1S/C15H15NOS/c1-10-7-8-11(13(17)9-10)15-16(2)12-5-3-4-6-14(12)18-15/h3-9,15,17H,1-2H3. The van der Waals surface area contributed by atoms with Crippen LogP contribution in [0.3, 0.4) is 0 Å². The van der Waals surface area contributed by atoms with E-state index in [9.17, 15) is 5.11 Å². The Balaban J connectivity index is 2.01. The van der Waals surface area contributed by atoms with Gasteiger partial charge in [0.05, 0.1) is 5.69 Å². The van der Waals surface area contributed by atoms with Crippen molar-refractivity contribution in [3.63, 3.8) is 0 Å². The van der Waals surface area contributed by atoms with Crippen LogP contribution in [-0.2, 0) is 0 Å². The third-order valence-corrected chi connectivity index (χ3v) is 4.68. The van der Waals surface area contributed by atoms with Gasteiger partial charge in [-0.3, -0.25) is 0 Å². The molecule has 92 valence electrons. The molecule has 0 radical (unpaired) electrons. The smallest absolute Gasteiger partial charge is 0.122 e. The molecule has 1 atom stereocenters. The number of para-hydroxylation sites is 1. The number of thioether (sulfide) groups is 1. The first-order valence-corrected chi connectivity index (χ1v) is 6.83. The van der Waals surface area contributed by atoms with Gasteiger partial charge in [0.1, 0.15) is 11.1 Å². The molecule has 18 heavy (non-hydrogen) atoms. The lowest BCUT2D eigenvalue weighted by atomic mass is 10.1. The number of hydrogen-bond donors (Lipinski definition) is 1. The van der Waals surface area contributed by atoms with Crippen molar-refractivity contribution in [3.8, 4) is 5.75 Å². The summed E-state index contributed by atoms with van der Waals surface area (Å²) in [7, 11) is 2.07. The van der Waals surface area contributed by atoms with E-state index in [0.29, 0.717) is 5.75 Å². The van der Waals surface area contributed by atoms with Crippen LogP contribution in [0.2, 0.25) is 0 Å². The highest BCUT2D eigenvalue weighted by molar-refractivity contribution is 8.00. The van der Waals surface area contributed by atoms with Gasteiger partial charge in [0.25, 0.3) is 0 Å². The molecule has 0 spiro atoms. The lowest BCUT2D eigenvalue weighted by molar-refractivity contribution is 0.467. The molecule has 0 amide bonds. The molecule has 0 saturated heterocycles. The highest BCUT2D eigenvalue weighted by atomic mass is 32.2. The number of rotatable bonds is 1. The van der Waals surface area contributed by atoms with Crippen molar-refractivity contribution in [2.24, 2.45) is 0 Å². The van der Waals surface area contributed by atoms with Gasteiger partial charge < -0.3 is 10.0 Å². The maximum absolute atomic E-state index is 10.1. The van der Waals surface area contributed by atoms with E-state index in [1.54, 1.807) is 11.8 Å². The van der Waals surface area contributed by atoms with E-state index in [1.807, 2.05) is 31.2 Å². The number of nitrogens with zero attached hydrogens (tertiary/aromatic N) is 1. The van der Waals surface area contributed by atoms with Crippen LogP contribution in [0.25, 0.3) is 0 Å². The SMILES string of the molecule is Cc1ccc(C2Sc3ccccc3N2C)c(O)c1. The van der Waals surface area contributed by atoms with Gasteiger partial charge >= 0.3 is 0 Å². The Kier molecular flexibility index (Phi) is 2.71. The Hall–Kier alpha value is -1.61. The highest BCUT2D eigenvalue weighted by Crippen LogP contribution is 2.51. The average Bonchev–Trinajstić information content (AvgIpc) is 2.68. The fraction of sp³-hybridized carbons (Fsp3) is 0.200. The van der Waals surface area contributed by atoms with Crippen molar-refractivity contribution in [1.29, 1.82) is 0 Å². The summed E-state index contributed by atoms with van der Waals surface area (Å²) in [5.41, 5.74) is 3.29. The van der Waals surface area contributed by atoms with Crippen LogP contribution in [-0.4, -0.2) is 12.2 Å². The number of phenolic OH excluding ortho intramolecular Hbond substituents is 1. The predicted octanol–water partition coefficient (Wildman–Crippen LogP) is 3.94. The Morgan fingerprint density at radius 1 is 1.17 bits per heavy atom. The van der Waals surface area contributed by atoms with Crippen LogP contribution in [0, 0.1) is 6.92 Å². The van der Waals surface area contributed by atoms with Crippen LogP contribution >= 0.6 is 11.8 Å². The molecule has 2 nitrogen and oxygen atoms in total. The van der Waals surface area contributed by atoms with Gasteiger partial charge in [0, 0.05) is 17.5 Å². The zero-order valence-electron chi connectivity index (χ0n) is 10.4. The molecule has 3 rings (SSSR count). The summed E-state index contributed by atoms with van der Waals surface area (Å²) in [4.78, 5) is 3.48. The largest absolute Gasteiger partial charge is 0.508 e. The molecule has 0 aliphatic carbocycles. The summed E-state index contributed by atoms with van der Waals surface area (Å²) in [5.74, 6) is 0.382. The van der Waals surface area contributed by atoms with Crippen LogP contribution in [0.15, 0.2) is 47.4 Å². The zero-order chi connectivity index (χ0) is 12.7. The normalized spacial score (nSPS) is 17.9. The highest BCUT2D eigenvalue weighted by Gasteiger charge is 2.29. The number of benzene rings is 2. The molecule has 0 saturated carbocycles. The second-order valence-corrected chi connectivity index (χ2v) is 5.73.